The number of unbranched alkanes of at least 4 members (excludes halogenated alkanes) is 7. The van der Waals surface area contributed by atoms with Crippen LogP contribution in [0.4, 0.5) is 0 Å². The summed E-state index contributed by atoms with van der Waals surface area (Å²) in [4.78, 5) is 0. The van der Waals surface area contributed by atoms with Gasteiger partial charge < -0.3 is 4.74 Å². The Morgan fingerprint density at radius 2 is 1.12 bits per heavy atom. The fourth-order valence-electron chi connectivity index (χ4n) is 5.28. The highest BCUT2D eigenvalue weighted by Crippen LogP contribution is 2.41. The predicted octanol–water partition coefficient (Wildman–Crippen LogP) is 7.92. The molecule has 2 rings (SSSR count). The summed E-state index contributed by atoms with van der Waals surface area (Å²) in [7, 11) is 0. The summed E-state index contributed by atoms with van der Waals surface area (Å²) < 4.78 is 6.20. The van der Waals surface area contributed by atoms with Gasteiger partial charge in [-0.05, 0) is 62.7 Å². The van der Waals surface area contributed by atoms with Crippen LogP contribution in [0, 0.1) is 17.8 Å². The summed E-state index contributed by atoms with van der Waals surface area (Å²) in [6.45, 7) is 5.69. The Balaban J connectivity index is 1.43. The average molecular weight is 351 g/mol. The van der Waals surface area contributed by atoms with Gasteiger partial charge in [0.05, 0.1) is 6.10 Å². The van der Waals surface area contributed by atoms with Gasteiger partial charge in [0.25, 0.3) is 0 Å². The second kappa shape index (κ2) is 13.2. The number of hydrogen-bond donors (Lipinski definition) is 0. The molecule has 0 N–H and O–H groups in total. The van der Waals surface area contributed by atoms with Gasteiger partial charge in [0.2, 0.25) is 0 Å². The first-order valence-electron chi connectivity index (χ1n) is 11.9. The predicted molar refractivity (Wildman–Crippen MR) is 110 cm³/mol. The number of rotatable bonds is 12. The lowest BCUT2D eigenvalue weighted by Gasteiger charge is -2.37. The van der Waals surface area contributed by atoms with E-state index in [9.17, 15) is 0 Å². The van der Waals surface area contributed by atoms with Crippen molar-refractivity contribution in [3.8, 4) is 0 Å². The van der Waals surface area contributed by atoms with E-state index in [0.29, 0.717) is 6.10 Å². The first-order valence-corrected chi connectivity index (χ1v) is 11.9. The minimum atomic E-state index is 0.591. The van der Waals surface area contributed by atoms with Crippen LogP contribution in [0.3, 0.4) is 0 Å². The minimum Gasteiger partial charge on any atom is -0.378 e. The van der Waals surface area contributed by atoms with Crippen LogP contribution in [0.25, 0.3) is 0 Å². The van der Waals surface area contributed by atoms with Gasteiger partial charge in [0.15, 0.2) is 0 Å². The smallest absolute Gasteiger partial charge is 0.0575 e. The normalized spacial score (nSPS) is 30.5. The summed E-state index contributed by atoms with van der Waals surface area (Å²) in [5, 5.41) is 0. The molecule has 0 spiro atoms. The zero-order valence-electron chi connectivity index (χ0n) is 17.4. The second-order valence-electron chi connectivity index (χ2n) is 9.07. The zero-order chi connectivity index (χ0) is 17.7. The van der Waals surface area contributed by atoms with Gasteiger partial charge in [0, 0.05) is 6.61 Å². The molecule has 0 aromatic rings. The molecule has 2 fully saturated rings. The van der Waals surface area contributed by atoms with Crippen LogP contribution in [0.1, 0.15) is 123 Å². The van der Waals surface area contributed by atoms with Gasteiger partial charge in [-0.3, -0.25) is 0 Å². The first-order chi connectivity index (χ1) is 12.3. The van der Waals surface area contributed by atoms with E-state index in [1.165, 1.54) is 109 Å². The standard InChI is InChI=1S/C24H46O/c1-3-5-6-7-8-9-10-11-20-25-24-18-16-23(17-19-24)22-14-12-21(4-2)13-15-22/h21-24H,3-20H2,1-2H3. The van der Waals surface area contributed by atoms with Crippen LogP contribution in [-0.2, 0) is 4.74 Å². The van der Waals surface area contributed by atoms with E-state index in [1.807, 2.05) is 0 Å². The number of ether oxygens (including phenoxy) is 1. The maximum atomic E-state index is 6.20. The highest BCUT2D eigenvalue weighted by atomic mass is 16.5. The Hall–Kier alpha value is -0.0400. The SMILES string of the molecule is CCCCCCCCCCOC1CCC(C2CCC(CC)CC2)CC1. The van der Waals surface area contributed by atoms with Gasteiger partial charge >= 0.3 is 0 Å². The summed E-state index contributed by atoms with van der Waals surface area (Å²) in [5.74, 6) is 3.12. The molecule has 0 bridgehead atoms. The van der Waals surface area contributed by atoms with Crippen LogP contribution in [0.5, 0.6) is 0 Å². The van der Waals surface area contributed by atoms with Crippen molar-refractivity contribution < 1.29 is 4.74 Å². The molecule has 1 heteroatoms. The molecule has 25 heavy (non-hydrogen) atoms. The van der Waals surface area contributed by atoms with Crippen molar-refractivity contribution in [1.82, 2.24) is 0 Å². The molecular formula is C24H46O. The lowest BCUT2D eigenvalue weighted by molar-refractivity contribution is 0.00536. The van der Waals surface area contributed by atoms with Crippen molar-refractivity contribution >= 4 is 0 Å². The molecule has 2 aliphatic rings. The van der Waals surface area contributed by atoms with Gasteiger partial charge in [-0.2, -0.15) is 0 Å². The Bertz CT molecular complexity index is 297. The largest absolute Gasteiger partial charge is 0.378 e. The highest BCUT2D eigenvalue weighted by Gasteiger charge is 2.30. The molecule has 0 aromatic carbocycles. The topological polar surface area (TPSA) is 9.23 Å². The van der Waals surface area contributed by atoms with Gasteiger partial charge in [-0.1, -0.05) is 78.1 Å². The molecule has 0 aromatic heterocycles. The Morgan fingerprint density at radius 1 is 0.600 bits per heavy atom. The molecule has 0 saturated heterocycles. The van der Waals surface area contributed by atoms with Crippen LogP contribution in [-0.4, -0.2) is 12.7 Å². The molecule has 2 saturated carbocycles. The second-order valence-corrected chi connectivity index (χ2v) is 9.07. The van der Waals surface area contributed by atoms with Gasteiger partial charge in [-0.15, -0.1) is 0 Å². The summed E-state index contributed by atoms with van der Waals surface area (Å²) in [5.41, 5.74) is 0. The van der Waals surface area contributed by atoms with E-state index in [2.05, 4.69) is 13.8 Å². The molecule has 2 aliphatic carbocycles. The third kappa shape index (κ3) is 8.46. The molecule has 0 heterocycles. The van der Waals surface area contributed by atoms with Gasteiger partial charge in [0.1, 0.15) is 0 Å². The third-order valence-electron chi connectivity index (χ3n) is 7.21. The van der Waals surface area contributed by atoms with Crippen molar-refractivity contribution in [3.63, 3.8) is 0 Å². The van der Waals surface area contributed by atoms with Crippen molar-refractivity contribution in [2.45, 2.75) is 129 Å². The van der Waals surface area contributed by atoms with Crippen molar-refractivity contribution in [2.24, 2.45) is 17.8 Å². The van der Waals surface area contributed by atoms with Crippen molar-refractivity contribution in [2.75, 3.05) is 6.61 Å². The highest BCUT2D eigenvalue weighted by molar-refractivity contribution is 4.82. The van der Waals surface area contributed by atoms with Crippen LogP contribution < -0.4 is 0 Å². The number of hydrogen-bond acceptors (Lipinski definition) is 1. The zero-order valence-corrected chi connectivity index (χ0v) is 17.4. The van der Waals surface area contributed by atoms with E-state index in [0.717, 1.165) is 24.4 Å². The lowest BCUT2D eigenvalue weighted by Crippen LogP contribution is -2.28. The maximum absolute atomic E-state index is 6.20. The molecule has 0 atom stereocenters. The van der Waals surface area contributed by atoms with E-state index < -0.39 is 0 Å². The summed E-state index contributed by atoms with van der Waals surface area (Å²) in [6, 6.07) is 0. The molecule has 148 valence electrons. The molecule has 1 nitrogen and oxygen atoms in total. The van der Waals surface area contributed by atoms with Crippen LogP contribution >= 0.6 is 0 Å². The molecule has 0 aliphatic heterocycles. The minimum absolute atomic E-state index is 0.591. The fourth-order valence-corrected chi connectivity index (χ4v) is 5.28. The molecular weight excluding hydrogens is 304 g/mol. The van der Waals surface area contributed by atoms with E-state index in [-0.39, 0.29) is 0 Å². The maximum Gasteiger partial charge on any atom is 0.0575 e. The van der Waals surface area contributed by atoms with Crippen LogP contribution in [0.15, 0.2) is 0 Å². The van der Waals surface area contributed by atoms with Crippen molar-refractivity contribution in [1.29, 1.82) is 0 Å². The quantitative estimate of drug-likeness (QED) is 0.325. The third-order valence-corrected chi connectivity index (χ3v) is 7.21. The first kappa shape index (κ1) is 21.3. The van der Waals surface area contributed by atoms with E-state index in [4.69, 9.17) is 4.74 Å². The van der Waals surface area contributed by atoms with Gasteiger partial charge in [-0.25, -0.2) is 0 Å². The lowest BCUT2D eigenvalue weighted by atomic mass is 9.70. The average Bonchev–Trinajstić information content (AvgIpc) is 2.67. The van der Waals surface area contributed by atoms with Crippen LogP contribution in [0.2, 0.25) is 0 Å². The summed E-state index contributed by atoms with van der Waals surface area (Å²) >= 11 is 0. The molecule has 0 unspecified atom stereocenters. The fraction of sp³-hybridized carbons (Fsp3) is 1.00. The van der Waals surface area contributed by atoms with Crippen molar-refractivity contribution in [3.05, 3.63) is 0 Å². The van der Waals surface area contributed by atoms with E-state index in [1.54, 1.807) is 0 Å². The Labute approximate surface area is 158 Å². The Kier molecular flexibility index (Phi) is 11.2. The molecule has 0 radical (unpaired) electrons. The Morgan fingerprint density at radius 3 is 1.68 bits per heavy atom. The monoisotopic (exact) mass is 350 g/mol. The van der Waals surface area contributed by atoms with E-state index >= 15 is 0 Å². The summed E-state index contributed by atoms with van der Waals surface area (Å²) in [6.07, 6.45) is 24.8. The molecule has 0 amide bonds.